The first kappa shape index (κ1) is 21.5. The van der Waals surface area contributed by atoms with Gasteiger partial charge >= 0.3 is 5.97 Å². The molecule has 0 N–H and O–H groups in total. The van der Waals surface area contributed by atoms with Gasteiger partial charge in [0.25, 0.3) is 5.91 Å². The number of ether oxygens (including phenoxy) is 2. The first-order valence-corrected chi connectivity index (χ1v) is 11.3. The molecule has 31 heavy (non-hydrogen) atoms. The fourth-order valence-electron chi connectivity index (χ4n) is 3.51. The second-order valence-electron chi connectivity index (χ2n) is 6.88. The largest absolute Gasteiger partial charge is 0.465 e. The molecule has 2 heterocycles. The molecule has 0 radical (unpaired) electrons. The minimum absolute atomic E-state index is 0.00756. The minimum Gasteiger partial charge on any atom is -0.465 e. The molecule has 4 rings (SSSR count). The van der Waals surface area contributed by atoms with Gasteiger partial charge in [-0.1, -0.05) is 29.8 Å². The van der Waals surface area contributed by atoms with Crippen molar-refractivity contribution in [3.05, 3.63) is 64.8 Å². The molecule has 162 valence electrons. The van der Waals surface area contributed by atoms with Gasteiger partial charge in [0.15, 0.2) is 0 Å². The maximum absolute atomic E-state index is 13.4. The van der Waals surface area contributed by atoms with Crippen molar-refractivity contribution < 1.29 is 27.5 Å². The van der Waals surface area contributed by atoms with E-state index < -0.39 is 21.9 Å². The van der Waals surface area contributed by atoms with Crippen molar-refractivity contribution in [3.8, 4) is 0 Å². The molecule has 1 saturated heterocycles. The quantitative estimate of drug-likeness (QED) is 0.553. The molecule has 3 aromatic rings. The Morgan fingerprint density at radius 3 is 2.48 bits per heavy atom. The third-order valence-corrected chi connectivity index (χ3v) is 7.34. The Bertz CT molecular complexity index is 1280. The molecule has 1 aliphatic heterocycles. The summed E-state index contributed by atoms with van der Waals surface area (Å²) >= 11 is 6.27. The Hall–Kier alpha value is -2.72. The number of hydrogen-bond acceptors (Lipinski definition) is 6. The fraction of sp³-hybridized carbons (Fsp3) is 0.238. The first-order valence-electron chi connectivity index (χ1n) is 9.45. The molecule has 1 fully saturated rings. The number of carbonyl (C=O) groups is 2. The van der Waals surface area contributed by atoms with Gasteiger partial charge < -0.3 is 9.47 Å². The van der Waals surface area contributed by atoms with Gasteiger partial charge in [0.2, 0.25) is 10.0 Å². The number of nitrogens with zero attached hydrogens (tertiary/aromatic N) is 2. The maximum atomic E-state index is 13.4. The molecule has 0 unspecified atom stereocenters. The topological polar surface area (TPSA) is 94.9 Å². The molecule has 0 bridgehead atoms. The zero-order valence-electron chi connectivity index (χ0n) is 16.6. The monoisotopic (exact) mass is 462 g/mol. The molecule has 1 aromatic heterocycles. The standard InChI is InChI=1S/C21H19ClN2O6S/c1-29-21(26)17-13-24(19-5-3-2-4-15(17)19)20(25)16-12-14(6-7-18(16)22)31(27,28)23-8-10-30-11-9-23/h2-7,12-13H,8-11H2,1H3. The molecule has 10 heteroatoms. The van der Waals surface area contributed by atoms with E-state index in [-0.39, 0.29) is 34.1 Å². The lowest BCUT2D eigenvalue weighted by atomic mass is 10.2. The lowest BCUT2D eigenvalue weighted by molar-refractivity contribution is 0.0603. The van der Waals surface area contributed by atoms with Crippen molar-refractivity contribution in [1.82, 2.24) is 8.87 Å². The zero-order chi connectivity index (χ0) is 22.2. The molecule has 0 amide bonds. The Morgan fingerprint density at radius 1 is 1.06 bits per heavy atom. The van der Waals surface area contributed by atoms with Crippen LogP contribution in [0, 0.1) is 0 Å². The van der Waals surface area contributed by atoms with Gasteiger partial charge in [-0.15, -0.1) is 0 Å². The number of hydrogen-bond donors (Lipinski definition) is 0. The number of benzene rings is 2. The predicted octanol–water partition coefficient (Wildman–Crippen LogP) is 2.79. The predicted molar refractivity (Wildman–Crippen MR) is 114 cm³/mol. The van der Waals surface area contributed by atoms with Gasteiger partial charge in [0, 0.05) is 24.7 Å². The number of methoxy groups -OCH3 is 1. The van der Waals surface area contributed by atoms with Crippen LogP contribution in [-0.2, 0) is 19.5 Å². The number of esters is 1. The average molecular weight is 463 g/mol. The summed E-state index contributed by atoms with van der Waals surface area (Å²) in [5, 5.41) is 0.638. The summed E-state index contributed by atoms with van der Waals surface area (Å²) in [5.41, 5.74) is 0.707. The highest BCUT2D eigenvalue weighted by Gasteiger charge is 2.28. The second-order valence-corrected chi connectivity index (χ2v) is 9.23. The van der Waals surface area contributed by atoms with Crippen molar-refractivity contribution in [1.29, 1.82) is 0 Å². The fourth-order valence-corrected chi connectivity index (χ4v) is 5.15. The van der Waals surface area contributed by atoms with Crippen molar-refractivity contribution in [2.45, 2.75) is 4.90 Å². The highest BCUT2D eigenvalue weighted by atomic mass is 35.5. The Kier molecular flexibility index (Phi) is 5.85. The highest BCUT2D eigenvalue weighted by Crippen LogP contribution is 2.28. The van der Waals surface area contributed by atoms with Crippen molar-refractivity contribution in [2.75, 3.05) is 33.4 Å². The van der Waals surface area contributed by atoms with Crippen LogP contribution in [-0.4, -0.2) is 62.6 Å². The van der Waals surface area contributed by atoms with Crippen molar-refractivity contribution >= 4 is 44.4 Å². The smallest absolute Gasteiger partial charge is 0.340 e. The van der Waals surface area contributed by atoms with Crippen LogP contribution in [0.2, 0.25) is 5.02 Å². The minimum atomic E-state index is -3.81. The third kappa shape index (κ3) is 3.85. The van der Waals surface area contributed by atoms with Gasteiger partial charge in [0.1, 0.15) is 0 Å². The van der Waals surface area contributed by atoms with E-state index in [1.165, 1.54) is 40.4 Å². The van der Waals surface area contributed by atoms with Crippen LogP contribution in [0.5, 0.6) is 0 Å². The van der Waals surface area contributed by atoms with E-state index in [4.69, 9.17) is 21.1 Å². The van der Waals surface area contributed by atoms with Gasteiger partial charge in [-0.3, -0.25) is 9.36 Å². The van der Waals surface area contributed by atoms with E-state index in [1.54, 1.807) is 24.3 Å². The molecule has 0 saturated carbocycles. The normalized spacial score (nSPS) is 15.2. The molecule has 2 aromatic carbocycles. The summed E-state index contributed by atoms with van der Waals surface area (Å²) in [7, 11) is -2.56. The summed E-state index contributed by atoms with van der Waals surface area (Å²) in [6, 6.07) is 10.9. The summed E-state index contributed by atoms with van der Waals surface area (Å²) in [6.45, 7) is 1.09. The maximum Gasteiger partial charge on any atom is 0.340 e. The summed E-state index contributed by atoms with van der Waals surface area (Å²) in [5.74, 6) is -1.15. The number of carbonyl (C=O) groups excluding carboxylic acids is 2. The number of sulfonamides is 1. The van der Waals surface area contributed by atoms with Crippen LogP contribution in [0.1, 0.15) is 20.7 Å². The van der Waals surface area contributed by atoms with Gasteiger partial charge in [-0.25, -0.2) is 13.2 Å². The van der Waals surface area contributed by atoms with Gasteiger partial charge in [-0.05, 0) is 24.3 Å². The molecule has 1 aliphatic rings. The van der Waals surface area contributed by atoms with E-state index in [9.17, 15) is 18.0 Å². The van der Waals surface area contributed by atoms with E-state index in [0.717, 1.165) is 0 Å². The van der Waals surface area contributed by atoms with Gasteiger partial charge in [0.05, 0.1) is 46.9 Å². The Labute approximate surface area is 184 Å². The van der Waals surface area contributed by atoms with Crippen molar-refractivity contribution in [3.63, 3.8) is 0 Å². The van der Waals surface area contributed by atoms with E-state index in [0.29, 0.717) is 24.1 Å². The number of halogens is 1. The zero-order valence-corrected chi connectivity index (χ0v) is 18.1. The first-order chi connectivity index (χ1) is 14.8. The lowest BCUT2D eigenvalue weighted by Gasteiger charge is -2.26. The van der Waals surface area contributed by atoms with E-state index >= 15 is 0 Å². The summed E-state index contributed by atoms with van der Waals surface area (Å²) in [6.07, 6.45) is 1.37. The van der Waals surface area contributed by atoms with Crippen LogP contribution >= 0.6 is 11.6 Å². The number of rotatable bonds is 4. The highest BCUT2D eigenvalue weighted by molar-refractivity contribution is 7.89. The average Bonchev–Trinajstić information content (AvgIpc) is 3.18. The van der Waals surface area contributed by atoms with Crippen LogP contribution in [0.3, 0.4) is 0 Å². The van der Waals surface area contributed by atoms with Crippen LogP contribution in [0.25, 0.3) is 10.9 Å². The number of aromatic nitrogens is 1. The molecule has 0 atom stereocenters. The molecular formula is C21H19ClN2O6S. The second kappa shape index (κ2) is 8.43. The molecular weight excluding hydrogens is 444 g/mol. The number of morpholine rings is 1. The Balaban J connectivity index is 1.80. The van der Waals surface area contributed by atoms with Gasteiger partial charge in [-0.2, -0.15) is 4.31 Å². The number of fused-ring (bicyclic) bond motifs is 1. The molecule has 0 spiro atoms. The van der Waals surface area contributed by atoms with E-state index in [1.807, 2.05) is 0 Å². The van der Waals surface area contributed by atoms with Crippen LogP contribution < -0.4 is 0 Å². The Morgan fingerprint density at radius 2 is 1.77 bits per heavy atom. The third-order valence-electron chi connectivity index (χ3n) is 5.11. The molecule has 8 nitrogen and oxygen atoms in total. The van der Waals surface area contributed by atoms with Crippen molar-refractivity contribution in [2.24, 2.45) is 0 Å². The number of para-hydroxylation sites is 1. The van der Waals surface area contributed by atoms with Crippen LogP contribution in [0.15, 0.2) is 53.6 Å². The summed E-state index contributed by atoms with van der Waals surface area (Å²) in [4.78, 5) is 25.5. The lowest BCUT2D eigenvalue weighted by Crippen LogP contribution is -2.40. The van der Waals surface area contributed by atoms with Crippen LogP contribution in [0.4, 0.5) is 0 Å². The SMILES string of the molecule is COC(=O)c1cn(C(=O)c2cc(S(=O)(=O)N3CCOCC3)ccc2Cl)c2ccccc12. The van der Waals surface area contributed by atoms with E-state index in [2.05, 4.69) is 0 Å². The summed E-state index contributed by atoms with van der Waals surface area (Å²) < 4.78 is 38.6. The molecule has 0 aliphatic carbocycles.